The maximum Gasteiger partial charge on any atom is 0.329 e. The highest BCUT2D eigenvalue weighted by molar-refractivity contribution is 6.33. The van der Waals surface area contributed by atoms with Crippen LogP contribution in [0.25, 0.3) is 11.2 Å². The molecule has 31 heavy (non-hydrogen) atoms. The molecule has 0 aliphatic heterocycles. The Kier molecular flexibility index (Phi) is 5.48. The summed E-state index contributed by atoms with van der Waals surface area (Å²) in [5, 5.41) is 4.82. The van der Waals surface area contributed by atoms with Crippen molar-refractivity contribution in [3.05, 3.63) is 90.6 Å². The van der Waals surface area contributed by atoms with Crippen molar-refractivity contribution in [3.8, 4) is 0 Å². The lowest BCUT2D eigenvalue weighted by Crippen LogP contribution is -2.29. The second-order valence-corrected chi connectivity index (χ2v) is 7.74. The first-order chi connectivity index (χ1) is 14.8. The van der Waals surface area contributed by atoms with Crippen LogP contribution in [-0.4, -0.2) is 25.3 Å². The zero-order valence-corrected chi connectivity index (χ0v) is 18.1. The molecule has 2 aromatic heterocycles. The van der Waals surface area contributed by atoms with Crippen molar-refractivity contribution in [2.24, 2.45) is 12.1 Å². The molecular weight excluding hydrogens is 416 g/mol. The Balaban J connectivity index is 1.83. The molecule has 0 radical (unpaired) electrons. The number of aromatic amines is 1. The minimum Gasteiger partial charge on any atom is -0.298 e. The normalized spacial score (nSPS) is 11.5. The maximum atomic E-state index is 12.7. The predicted molar refractivity (Wildman–Crippen MR) is 123 cm³/mol. The van der Waals surface area contributed by atoms with E-state index in [-0.39, 0.29) is 5.65 Å². The summed E-state index contributed by atoms with van der Waals surface area (Å²) in [7, 11) is 1.56. The summed E-state index contributed by atoms with van der Waals surface area (Å²) in [6.45, 7) is 4.41. The molecule has 0 saturated carbocycles. The molecule has 4 aromatic rings. The van der Waals surface area contributed by atoms with Crippen molar-refractivity contribution in [3.63, 3.8) is 0 Å². The number of aryl methyl sites for hydroxylation is 3. The molecule has 0 bridgehead atoms. The summed E-state index contributed by atoms with van der Waals surface area (Å²) >= 11 is 6.18. The van der Waals surface area contributed by atoms with Gasteiger partial charge in [0, 0.05) is 17.6 Å². The first kappa shape index (κ1) is 20.6. The number of anilines is 1. The van der Waals surface area contributed by atoms with Crippen LogP contribution in [0.5, 0.6) is 0 Å². The van der Waals surface area contributed by atoms with E-state index >= 15 is 0 Å². The van der Waals surface area contributed by atoms with E-state index in [0.29, 0.717) is 23.0 Å². The third-order valence-corrected chi connectivity index (χ3v) is 5.46. The zero-order valence-electron chi connectivity index (χ0n) is 17.3. The van der Waals surface area contributed by atoms with Gasteiger partial charge in [-0.15, -0.1) is 0 Å². The monoisotopic (exact) mass is 436 g/mol. The van der Waals surface area contributed by atoms with Gasteiger partial charge in [0.05, 0.1) is 12.8 Å². The number of benzene rings is 2. The number of nitrogens with one attached hydrogen (secondary N) is 2. The van der Waals surface area contributed by atoms with E-state index in [1.54, 1.807) is 23.9 Å². The van der Waals surface area contributed by atoms with E-state index in [9.17, 15) is 9.59 Å². The molecule has 0 aliphatic carbocycles. The van der Waals surface area contributed by atoms with Gasteiger partial charge in [0.1, 0.15) is 0 Å². The van der Waals surface area contributed by atoms with Crippen molar-refractivity contribution < 1.29 is 0 Å². The van der Waals surface area contributed by atoms with E-state index in [0.717, 1.165) is 22.3 Å². The highest BCUT2D eigenvalue weighted by Crippen LogP contribution is 2.20. The van der Waals surface area contributed by atoms with Gasteiger partial charge in [-0.05, 0) is 31.0 Å². The fourth-order valence-corrected chi connectivity index (χ4v) is 3.54. The van der Waals surface area contributed by atoms with E-state index in [4.69, 9.17) is 11.6 Å². The van der Waals surface area contributed by atoms with Gasteiger partial charge in [-0.1, -0.05) is 53.6 Å². The fourth-order valence-electron chi connectivity index (χ4n) is 3.35. The average Bonchev–Trinajstić information content (AvgIpc) is 3.09. The van der Waals surface area contributed by atoms with Crippen LogP contribution in [0.4, 0.5) is 5.95 Å². The molecule has 2 aromatic carbocycles. The van der Waals surface area contributed by atoms with Crippen LogP contribution >= 0.6 is 11.6 Å². The zero-order chi connectivity index (χ0) is 22.1. The summed E-state index contributed by atoms with van der Waals surface area (Å²) in [6.07, 6.45) is 1.58. The molecular formula is C22H21ClN6O2. The molecule has 0 unspecified atom stereocenters. The van der Waals surface area contributed by atoms with Crippen molar-refractivity contribution >= 4 is 34.9 Å². The van der Waals surface area contributed by atoms with Gasteiger partial charge in [-0.3, -0.25) is 18.9 Å². The van der Waals surface area contributed by atoms with E-state index in [1.807, 2.05) is 44.2 Å². The molecule has 0 spiro atoms. The summed E-state index contributed by atoms with van der Waals surface area (Å²) in [4.78, 5) is 31.5. The Hall–Kier alpha value is -3.65. The number of fused-ring (bicyclic) bond motifs is 1. The Morgan fingerprint density at radius 3 is 2.74 bits per heavy atom. The van der Waals surface area contributed by atoms with Crippen LogP contribution in [0, 0.1) is 13.8 Å². The van der Waals surface area contributed by atoms with Crippen LogP contribution in [0.3, 0.4) is 0 Å². The quantitative estimate of drug-likeness (QED) is 0.371. The summed E-state index contributed by atoms with van der Waals surface area (Å²) in [6, 6.07) is 13.4. The Labute approximate surface area is 182 Å². The standard InChI is InChI=1S/C22H21ClN6O2/c1-13-8-9-14(2)16(10-13)12-29-18-19(28(3)22(31)26-20(18)30)25-21(29)27-24-11-15-6-4-5-7-17(15)23/h4-11H,12H2,1-3H3,(H,25,27)(H,26,30,31). The van der Waals surface area contributed by atoms with Gasteiger partial charge in [-0.2, -0.15) is 10.1 Å². The second-order valence-electron chi connectivity index (χ2n) is 7.33. The van der Waals surface area contributed by atoms with Gasteiger partial charge in [-0.25, -0.2) is 10.2 Å². The number of aromatic nitrogens is 4. The smallest absolute Gasteiger partial charge is 0.298 e. The van der Waals surface area contributed by atoms with Gasteiger partial charge in [0.15, 0.2) is 11.2 Å². The number of hydrogen-bond donors (Lipinski definition) is 2. The molecule has 0 aliphatic rings. The number of hydrogen-bond acceptors (Lipinski definition) is 5. The second kappa shape index (κ2) is 8.23. The Bertz CT molecular complexity index is 1430. The van der Waals surface area contributed by atoms with Crippen LogP contribution in [-0.2, 0) is 13.6 Å². The first-order valence-corrected chi connectivity index (χ1v) is 10.0. The topological polar surface area (TPSA) is 97.1 Å². The van der Waals surface area contributed by atoms with E-state index in [2.05, 4.69) is 26.6 Å². The molecule has 0 saturated heterocycles. The van der Waals surface area contributed by atoms with Gasteiger partial charge >= 0.3 is 5.69 Å². The molecule has 0 fully saturated rings. The molecule has 4 rings (SSSR count). The largest absolute Gasteiger partial charge is 0.329 e. The Morgan fingerprint density at radius 2 is 1.97 bits per heavy atom. The molecule has 0 atom stereocenters. The fraction of sp³-hybridized carbons (Fsp3) is 0.182. The molecule has 9 heteroatoms. The summed E-state index contributed by atoms with van der Waals surface area (Å²) < 4.78 is 3.03. The Morgan fingerprint density at radius 1 is 1.19 bits per heavy atom. The number of hydrazone groups is 1. The molecule has 8 nitrogen and oxygen atoms in total. The van der Waals surface area contributed by atoms with Crippen molar-refractivity contribution in [1.82, 2.24) is 19.1 Å². The SMILES string of the molecule is Cc1ccc(C)c(Cn2c(NN=Cc3ccccc3Cl)nc3c2c(=O)[nH]c(=O)n3C)c1. The lowest BCUT2D eigenvalue weighted by Gasteiger charge is -2.11. The van der Waals surface area contributed by atoms with Crippen LogP contribution in [0.15, 0.2) is 57.2 Å². The number of H-pyrrole nitrogens is 1. The van der Waals surface area contributed by atoms with Gasteiger partial charge in [0.2, 0.25) is 5.95 Å². The highest BCUT2D eigenvalue weighted by Gasteiger charge is 2.18. The maximum absolute atomic E-state index is 12.7. The molecule has 158 valence electrons. The summed E-state index contributed by atoms with van der Waals surface area (Å²) in [5.74, 6) is 0.339. The minimum atomic E-state index is -0.528. The van der Waals surface area contributed by atoms with Crippen molar-refractivity contribution in [1.29, 1.82) is 0 Å². The van der Waals surface area contributed by atoms with Crippen molar-refractivity contribution in [2.75, 3.05) is 5.43 Å². The van der Waals surface area contributed by atoms with E-state index in [1.165, 1.54) is 4.57 Å². The third-order valence-electron chi connectivity index (χ3n) is 5.11. The third kappa shape index (κ3) is 4.02. The lowest BCUT2D eigenvalue weighted by molar-refractivity contribution is 0.804. The van der Waals surface area contributed by atoms with Crippen molar-refractivity contribution in [2.45, 2.75) is 20.4 Å². The average molecular weight is 437 g/mol. The summed E-state index contributed by atoms with van der Waals surface area (Å²) in [5.41, 5.74) is 6.40. The number of imidazole rings is 1. The van der Waals surface area contributed by atoms with Gasteiger partial charge in [0.25, 0.3) is 5.56 Å². The molecule has 0 amide bonds. The molecule has 2 N–H and O–H groups in total. The number of rotatable bonds is 5. The van der Waals surface area contributed by atoms with Crippen LogP contribution in [0.2, 0.25) is 5.02 Å². The highest BCUT2D eigenvalue weighted by atomic mass is 35.5. The minimum absolute atomic E-state index is 0.273. The predicted octanol–water partition coefficient (Wildman–Crippen LogP) is 3.19. The molecule has 2 heterocycles. The van der Waals surface area contributed by atoms with Gasteiger partial charge < -0.3 is 0 Å². The van der Waals surface area contributed by atoms with Crippen LogP contribution < -0.4 is 16.7 Å². The van der Waals surface area contributed by atoms with E-state index < -0.39 is 11.2 Å². The number of nitrogens with zero attached hydrogens (tertiary/aromatic N) is 4. The first-order valence-electron chi connectivity index (χ1n) is 9.64. The lowest BCUT2D eigenvalue weighted by atomic mass is 10.1. The van der Waals surface area contributed by atoms with Crippen LogP contribution in [0.1, 0.15) is 22.3 Å². The number of halogens is 1.